The Labute approximate surface area is 132 Å². The first-order valence-electron chi connectivity index (χ1n) is 7.25. The van der Waals surface area contributed by atoms with Gasteiger partial charge < -0.3 is 15.2 Å². The molecule has 1 atom stereocenters. The number of nitrogens with one attached hydrogen (secondary N) is 1. The van der Waals surface area contributed by atoms with Crippen LogP contribution in [-0.4, -0.2) is 18.3 Å². The molecule has 0 spiro atoms. The molecule has 0 bridgehead atoms. The van der Waals surface area contributed by atoms with Gasteiger partial charge >= 0.3 is 0 Å². The molecule has 1 unspecified atom stereocenters. The Kier molecular flexibility index (Phi) is 6.01. The third-order valence-electron chi connectivity index (χ3n) is 3.35. The first-order valence-corrected chi connectivity index (χ1v) is 7.25. The molecule has 0 aliphatic heterocycles. The van der Waals surface area contributed by atoms with Crippen LogP contribution in [0.2, 0.25) is 0 Å². The number of ether oxygens (including phenoxy) is 1. The molecule has 0 fully saturated rings. The molecule has 3 nitrogen and oxygen atoms in total. The van der Waals surface area contributed by atoms with Gasteiger partial charge in [-0.3, -0.25) is 0 Å². The van der Waals surface area contributed by atoms with Crippen molar-refractivity contribution in [3.63, 3.8) is 0 Å². The summed E-state index contributed by atoms with van der Waals surface area (Å²) in [4.78, 5) is 0. The molecule has 0 aliphatic carbocycles. The number of hydrogen-bond donors (Lipinski definition) is 2. The van der Waals surface area contributed by atoms with E-state index in [-0.39, 0.29) is 12.2 Å². The first kappa shape index (κ1) is 17.3. The number of rotatable bonds is 7. The maximum absolute atomic E-state index is 13.3. The fourth-order valence-electron chi connectivity index (χ4n) is 2.22. The van der Waals surface area contributed by atoms with E-state index >= 15 is 0 Å². The second-order valence-corrected chi connectivity index (χ2v) is 5.00. The van der Waals surface area contributed by atoms with Crippen LogP contribution in [0.4, 0.5) is 13.2 Å². The summed E-state index contributed by atoms with van der Waals surface area (Å²) in [5.74, 6) is -3.36. The zero-order valence-electron chi connectivity index (χ0n) is 12.7. The lowest BCUT2D eigenvalue weighted by Gasteiger charge is -2.17. The van der Waals surface area contributed by atoms with Crippen molar-refractivity contribution in [1.82, 2.24) is 5.32 Å². The average Bonchev–Trinajstić information content (AvgIpc) is 2.54. The molecule has 2 aromatic rings. The molecule has 0 radical (unpaired) electrons. The van der Waals surface area contributed by atoms with E-state index in [9.17, 15) is 18.3 Å². The molecular formula is C17H18F3NO2. The van der Waals surface area contributed by atoms with E-state index in [4.69, 9.17) is 4.74 Å². The monoisotopic (exact) mass is 325 g/mol. The Balaban J connectivity index is 2.09. The Morgan fingerprint density at radius 1 is 1.13 bits per heavy atom. The van der Waals surface area contributed by atoms with Crippen molar-refractivity contribution in [3.8, 4) is 5.75 Å². The van der Waals surface area contributed by atoms with Gasteiger partial charge in [0.05, 0.1) is 19.3 Å². The lowest BCUT2D eigenvalue weighted by molar-refractivity contribution is 0.242. The molecule has 0 amide bonds. The Bertz CT molecular complexity index is 641. The van der Waals surface area contributed by atoms with Crippen LogP contribution < -0.4 is 10.1 Å². The van der Waals surface area contributed by atoms with E-state index < -0.39 is 23.5 Å². The number of aliphatic hydroxyl groups excluding tert-OH is 1. The van der Waals surface area contributed by atoms with Gasteiger partial charge in [0.2, 0.25) is 0 Å². The summed E-state index contributed by atoms with van der Waals surface area (Å²) in [5.41, 5.74) is 1.03. The zero-order valence-corrected chi connectivity index (χ0v) is 12.7. The lowest BCUT2D eigenvalue weighted by atomic mass is 10.1. The highest BCUT2D eigenvalue weighted by molar-refractivity contribution is 5.29. The number of benzene rings is 2. The quantitative estimate of drug-likeness (QED) is 0.767. The second-order valence-electron chi connectivity index (χ2n) is 5.00. The maximum atomic E-state index is 13.3. The van der Waals surface area contributed by atoms with Crippen LogP contribution in [-0.2, 0) is 6.54 Å². The minimum Gasteiger partial charge on any atom is -0.494 e. The predicted molar refractivity (Wildman–Crippen MR) is 80.6 cm³/mol. The molecule has 0 heterocycles. The number of hydrogen-bond acceptors (Lipinski definition) is 3. The smallest absolute Gasteiger partial charge is 0.194 e. The van der Waals surface area contributed by atoms with Gasteiger partial charge in [-0.15, -0.1) is 0 Å². The van der Waals surface area contributed by atoms with Crippen LogP contribution >= 0.6 is 0 Å². The van der Waals surface area contributed by atoms with Crippen LogP contribution in [0.5, 0.6) is 5.75 Å². The molecule has 2 N–H and O–H groups in total. The first-order chi connectivity index (χ1) is 11.0. The largest absolute Gasteiger partial charge is 0.494 e. The molecule has 6 heteroatoms. The van der Waals surface area contributed by atoms with Crippen LogP contribution in [0.15, 0.2) is 36.4 Å². The van der Waals surface area contributed by atoms with Crippen molar-refractivity contribution < 1.29 is 23.0 Å². The predicted octanol–water partition coefficient (Wildman–Crippen LogP) is 3.33. The summed E-state index contributed by atoms with van der Waals surface area (Å²) < 4.78 is 45.0. The van der Waals surface area contributed by atoms with Crippen molar-refractivity contribution in [1.29, 1.82) is 0 Å². The zero-order chi connectivity index (χ0) is 16.8. The number of halogens is 3. The SMILES string of the molecule is CCOc1cccc(CNC(CO)c2cc(F)c(F)c(F)c2)c1. The molecule has 2 rings (SSSR count). The molecule has 0 aromatic heterocycles. The highest BCUT2D eigenvalue weighted by Gasteiger charge is 2.16. The van der Waals surface area contributed by atoms with E-state index in [0.717, 1.165) is 17.7 Å². The summed E-state index contributed by atoms with van der Waals surface area (Å²) in [6.45, 7) is 2.40. The molecule has 0 saturated heterocycles. The van der Waals surface area contributed by atoms with Gasteiger partial charge in [0, 0.05) is 6.54 Å². The molecule has 124 valence electrons. The van der Waals surface area contributed by atoms with Crippen molar-refractivity contribution in [3.05, 3.63) is 65.0 Å². The highest BCUT2D eigenvalue weighted by Crippen LogP contribution is 2.20. The average molecular weight is 325 g/mol. The second kappa shape index (κ2) is 7.99. The van der Waals surface area contributed by atoms with Gasteiger partial charge in [-0.05, 0) is 42.3 Å². The fourth-order valence-corrected chi connectivity index (χ4v) is 2.22. The Morgan fingerprint density at radius 3 is 2.43 bits per heavy atom. The van der Waals surface area contributed by atoms with Gasteiger partial charge in [0.1, 0.15) is 5.75 Å². The van der Waals surface area contributed by atoms with Gasteiger partial charge in [0.15, 0.2) is 17.5 Å². The highest BCUT2D eigenvalue weighted by atomic mass is 19.2. The van der Waals surface area contributed by atoms with Crippen molar-refractivity contribution in [2.75, 3.05) is 13.2 Å². The topological polar surface area (TPSA) is 41.5 Å². The molecule has 23 heavy (non-hydrogen) atoms. The summed E-state index contributed by atoms with van der Waals surface area (Å²) in [6.07, 6.45) is 0. The summed E-state index contributed by atoms with van der Waals surface area (Å²) >= 11 is 0. The van der Waals surface area contributed by atoms with Crippen LogP contribution in [0.3, 0.4) is 0 Å². The standard InChI is InChI=1S/C17H18F3NO2/c1-2-23-13-5-3-4-11(6-13)9-21-16(10-22)12-7-14(18)17(20)15(19)8-12/h3-8,16,21-22H,2,9-10H2,1H3. The van der Waals surface area contributed by atoms with Crippen LogP contribution in [0, 0.1) is 17.5 Å². The van der Waals surface area contributed by atoms with Crippen LogP contribution in [0.25, 0.3) is 0 Å². The third kappa shape index (κ3) is 4.46. The van der Waals surface area contributed by atoms with Crippen LogP contribution in [0.1, 0.15) is 24.1 Å². The van der Waals surface area contributed by atoms with Gasteiger partial charge in [0.25, 0.3) is 0 Å². The minimum atomic E-state index is -1.52. The Morgan fingerprint density at radius 2 is 1.83 bits per heavy atom. The molecular weight excluding hydrogens is 307 g/mol. The number of aliphatic hydroxyl groups is 1. The molecule has 0 saturated carbocycles. The normalized spacial score (nSPS) is 12.2. The third-order valence-corrected chi connectivity index (χ3v) is 3.35. The van der Waals surface area contributed by atoms with E-state index in [2.05, 4.69) is 5.32 Å². The minimum absolute atomic E-state index is 0.143. The van der Waals surface area contributed by atoms with Crippen molar-refractivity contribution in [2.24, 2.45) is 0 Å². The molecule has 0 aliphatic rings. The summed E-state index contributed by atoms with van der Waals surface area (Å²) in [7, 11) is 0. The molecule has 2 aromatic carbocycles. The van der Waals surface area contributed by atoms with Crippen molar-refractivity contribution in [2.45, 2.75) is 19.5 Å². The maximum Gasteiger partial charge on any atom is 0.194 e. The van der Waals surface area contributed by atoms with Gasteiger partial charge in [-0.2, -0.15) is 0 Å². The lowest BCUT2D eigenvalue weighted by Crippen LogP contribution is -2.24. The Hall–Kier alpha value is -2.05. The van der Waals surface area contributed by atoms with E-state index in [0.29, 0.717) is 18.9 Å². The van der Waals surface area contributed by atoms with Gasteiger partial charge in [-0.1, -0.05) is 12.1 Å². The van der Waals surface area contributed by atoms with E-state index in [1.807, 2.05) is 31.2 Å². The summed E-state index contributed by atoms with van der Waals surface area (Å²) in [5, 5.41) is 12.4. The van der Waals surface area contributed by atoms with Gasteiger partial charge in [-0.25, -0.2) is 13.2 Å². The van der Waals surface area contributed by atoms with E-state index in [1.54, 1.807) is 0 Å². The van der Waals surface area contributed by atoms with E-state index in [1.165, 1.54) is 0 Å². The summed E-state index contributed by atoms with van der Waals surface area (Å²) in [6, 6.07) is 8.38. The fraction of sp³-hybridized carbons (Fsp3) is 0.294. The van der Waals surface area contributed by atoms with Crippen molar-refractivity contribution >= 4 is 0 Å².